The lowest BCUT2D eigenvalue weighted by Crippen LogP contribution is -2.63. The van der Waals surface area contributed by atoms with Gasteiger partial charge >= 0.3 is 0 Å². The van der Waals surface area contributed by atoms with Crippen molar-refractivity contribution in [2.24, 2.45) is 5.92 Å². The molecular formula is C15H21ClF2N2. The first-order valence-electron chi connectivity index (χ1n) is 6.87. The Bertz CT molecular complexity index is 480. The van der Waals surface area contributed by atoms with Gasteiger partial charge in [-0.3, -0.25) is 0 Å². The molecule has 0 amide bonds. The summed E-state index contributed by atoms with van der Waals surface area (Å²) < 4.78 is 27.4. The van der Waals surface area contributed by atoms with E-state index in [-0.39, 0.29) is 16.6 Å². The van der Waals surface area contributed by atoms with Crippen molar-refractivity contribution in [2.75, 3.05) is 18.0 Å². The maximum Gasteiger partial charge on any atom is 0.150 e. The highest BCUT2D eigenvalue weighted by molar-refractivity contribution is 6.33. The van der Waals surface area contributed by atoms with Crippen molar-refractivity contribution < 1.29 is 8.78 Å². The van der Waals surface area contributed by atoms with E-state index in [9.17, 15) is 8.78 Å². The molecule has 0 aliphatic carbocycles. The van der Waals surface area contributed by atoms with Crippen molar-refractivity contribution in [1.29, 1.82) is 0 Å². The minimum atomic E-state index is -0.647. The molecule has 1 saturated heterocycles. The third-order valence-corrected chi connectivity index (χ3v) is 4.08. The summed E-state index contributed by atoms with van der Waals surface area (Å²) in [5.41, 5.74) is 0.163. The van der Waals surface area contributed by atoms with Gasteiger partial charge in [-0.2, -0.15) is 0 Å². The first kappa shape index (κ1) is 15.5. The molecule has 0 spiro atoms. The highest BCUT2D eigenvalue weighted by atomic mass is 35.5. The van der Waals surface area contributed by atoms with Gasteiger partial charge in [0.2, 0.25) is 0 Å². The largest absolute Gasteiger partial charge is 0.362 e. The maximum atomic E-state index is 14.2. The second-order valence-electron chi connectivity index (χ2n) is 6.42. The van der Waals surface area contributed by atoms with Crippen LogP contribution in [0.2, 0.25) is 5.02 Å². The summed E-state index contributed by atoms with van der Waals surface area (Å²) in [6.07, 6.45) is 0. The standard InChI is InChI=1S/C15H21ClF2N2/c1-9(2)13-7-19-15(3,4)8-20(13)14-11(16)5-10(17)6-12(14)18/h5-6,9,13,19H,7-8H2,1-4H3. The molecule has 1 atom stereocenters. The SMILES string of the molecule is CC(C)C1CNC(C)(C)CN1c1c(F)cc(F)cc1Cl. The van der Waals surface area contributed by atoms with E-state index in [1.54, 1.807) is 0 Å². The molecule has 1 unspecified atom stereocenters. The Labute approximate surface area is 124 Å². The summed E-state index contributed by atoms with van der Waals surface area (Å²) in [6.45, 7) is 9.67. The molecule has 1 aliphatic rings. The average molecular weight is 303 g/mol. The zero-order valence-corrected chi connectivity index (χ0v) is 13.1. The molecule has 2 nitrogen and oxygen atoms in total. The molecule has 1 aliphatic heterocycles. The molecule has 0 bridgehead atoms. The molecular weight excluding hydrogens is 282 g/mol. The number of rotatable bonds is 2. The van der Waals surface area contributed by atoms with Crippen LogP contribution in [0.4, 0.5) is 14.5 Å². The van der Waals surface area contributed by atoms with Gasteiger partial charge < -0.3 is 10.2 Å². The second kappa shape index (κ2) is 5.49. The summed E-state index contributed by atoms with van der Waals surface area (Å²) in [7, 11) is 0. The first-order chi connectivity index (χ1) is 9.21. The molecule has 20 heavy (non-hydrogen) atoms. The lowest BCUT2D eigenvalue weighted by Gasteiger charge is -2.47. The Morgan fingerprint density at radius 3 is 2.55 bits per heavy atom. The highest BCUT2D eigenvalue weighted by Gasteiger charge is 2.36. The van der Waals surface area contributed by atoms with E-state index in [1.165, 1.54) is 6.07 Å². The molecule has 1 heterocycles. The molecule has 0 aromatic heterocycles. The van der Waals surface area contributed by atoms with Crippen LogP contribution in [0.15, 0.2) is 12.1 Å². The van der Waals surface area contributed by atoms with Crippen LogP contribution >= 0.6 is 11.6 Å². The van der Waals surface area contributed by atoms with Crippen molar-refractivity contribution in [3.8, 4) is 0 Å². The van der Waals surface area contributed by atoms with Gasteiger partial charge in [0.05, 0.1) is 10.7 Å². The van der Waals surface area contributed by atoms with Gasteiger partial charge in [-0.05, 0) is 25.8 Å². The van der Waals surface area contributed by atoms with Crippen LogP contribution in [-0.4, -0.2) is 24.7 Å². The predicted octanol–water partition coefficient (Wildman–Crippen LogP) is 3.83. The van der Waals surface area contributed by atoms with Crippen LogP contribution in [0.25, 0.3) is 0 Å². The van der Waals surface area contributed by atoms with Crippen molar-refractivity contribution in [3.05, 3.63) is 28.8 Å². The topological polar surface area (TPSA) is 15.3 Å². The van der Waals surface area contributed by atoms with Crippen LogP contribution in [0.1, 0.15) is 27.7 Å². The maximum absolute atomic E-state index is 14.2. The van der Waals surface area contributed by atoms with E-state index in [1.807, 2.05) is 4.90 Å². The van der Waals surface area contributed by atoms with Crippen molar-refractivity contribution in [2.45, 2.75) is 39.3 Å². The van der Waals surface area contributed by atoms with E-state index in [4.69, 9.17) is 11.6 Å². The smallest absolute Gasteiger partial charge is 0.150 e. The molecule has 1 aromatic carbocycles. The number of hydrogen-bond acceptors (Lipinski definition) is 2. The zero-order chi connectivity index (χ0) is 15.1. The van der Waals surface area contributed by atoms with E-state index in [0.717, 1.165) is 12.6 Å². The first-order valence-corrected chi connectivity index (χ1v) is 7.25. The Morgan fingerprint density at radius 1 is 1.35 bits per heavy atom. The highest BCUT2D eigenvalue weighted by Crippen LogP contribution is 2.35. The average Bonchev–Trinajstić information content (AvgIpc) is 2.25. The summed E-state index contributed by atoms with van der Waals surface area (Å²) >= 11 is 6.09. The second-order valence-corrected chi connectivity index (χ2v) is 6.83. The quantitative estimate of drug-likeness (QED) is 0.893. The van der Waals surface area contributed by atoms with E-state index in [2.05, 4.69) is 33.0 Å². The summed E-state index contributed by atoms with van der Waals surface area (Å²) in [6, 6.07) is 2.19. The Kier molecular flexibility index (Phi) is 4.26. The molecule has 5 heteroatoms. The van der Waals surface area contributed by atoms with Crippen molar-refractivity contribution in [1.82, 2.24) is 5.32 Å². The normalized spacial score (nSPS) is 22.4. The molecule has 1 fully saturated rings. The van der Waals surface area contributed by atoms with E-state index in [0.29, 0.717) is 18.2 Å². The van der Waals surface area contributed by atoms with Crippen LogP contribution in [0, 0.1) is 17.6 Å². The van der Waals surface area contributed by atoms with Gasteiger partial charge in [0.1, 0.15) is 5.82 Å². The molecule has 1 aromatic rings. The Hall–Kier alpha value is -0.870. The minimum Gasteiger partial charge on any atom is -0.362 e. The molecule has 0 radical (unpaired) electrons. The number of anilines is 1. The van der Waals surface area contributed by atoms with Gasteiger partial charge in [0.25, 0.3) is 0 Å². The number of hydrogen-bond donors (Lipinski definition) is 1. The third kappa shape index (κ3) is 3.07. The van der Waals surface area contributed by atoms with E-state index >= 15 is 0 Å². The third-order valence-electron chi connectivity index (χ3n) is 3.79. The number of piperazine rings is 1. The lowest BCUT2D eigenvalue weighted by atomic mass is 9.92. The zero-order valence-electron chi connectivity index (χ0n) is 12.3. The molecule has 1 N–H and O–H groups in total. The fourth-order valence-electron chi connectivity index (χ4n) is 2.74. The Morgan fingerprint density at radius 2 is 2.00 bits per heavy atom. The van der Waals surface area contributed by atoms with Crippen LogP contribution in [0.5, 0.6) is 0 Å². The number of nitrogens with one attached hydrogen (secondary N) is 1. The van der Waals surface area contributed by atoms with Gasteiger partial charge in [-0.25, -0.2) is 8.78 Å². The molecule has 0 saturated carbocycles. The predicted molar refractivity (Wildman–Crippen MR) is 79.4 cm³/mol. The van der Waals surface area contributed by atoms with Crippen LogP contribution in [0.3, 0.4) is 0 Å². The number of nitrogens with zero attached hydrogens (tertiary/aromatic N) is 1. The van der Waals surface area contributed by atoms with Crippen molar-refractivity contribution in [3.63, 3.8) is 0 Å². The van der Waals surface area contributed by atoms with Gasteiger partial charge in [-0.15, -0.1) is 0 Å². The van der Waals surface area contributed by atoms with Crippen molar-refractivity contribution >= 4 is 17.3 Å². The van der Waals surface area contributed by atoms with E-state index < -0.39 is 11.6 Å². The van der Waals surface area contributed by atoms with Crippen LogP contribution in [-0.2, 0) is 0 Å². The summed E-state index contributed by atoms with van der Waals surface area (Å²) in [5.74, 6) is -0.913. The minimum absolute atomic E-state index is 0.125. The Balaban J connectivity index is 2.46. The summed E-state index contributed by atoms with van der Waals surface area (Å²) in [4.78, 5) is 1.97. The molecule has 112 valence electrons. The van der Waals surface area contributed by atoms with Gasteiger partial charge in [0, 0.05) is 30.7 Å². The number of benzene rings is 1. The molecule has 2 rings (SSSR count). The van der Waals surface area contributed by atoms with Gasteiger partial charge in [0.15, 0.2) is 5.82 Å². The monoisotopic (exact) mass is 302 g/mol. The fraction of sp³-hybridized carbons (Fsp3) is 0.600. The lowest BCUT2D eigenvalue weighted by molar-refractivity contribution is 0.275. The number of halogens is 3. The fourth-order valence-corrected chi connectivity index (χ4v) is 3.04. The van der Waals surface area contributed by atoms with Crippen LogP contribution < -0.4 is 10.2 Å². The summed E-state index contributed by atoms with van der Waals surface area (Å²) in [5, 5.41) is 3.59. The van der Waals surface area contributed by atoms with Gasteiger partial charge in [-0.1, -0.05) is 25.4 Å².